The number of benzene rings is 1. The topological polar surface area (TPSA) is 171 Å². The van der Waals surface area contributed by atoms with Crippen LogP contribution in [0.3, 0.4) is 0 Å². The number of nitriles is 1. The molecule has 1 amide bonds. The van der Waals surface area contributed by atoms with Crippen molar-refractivity contribution in [2.24, 2.45) is 0 Å². The van der Waals surface area contributed by atoms with E-state index in [0.717, 1.165) is 11.3 Å². The van der Waals surface area contributed by atoms with E-state index in [-0.39, 0.29) is 21.9 Å². The highest BCUT2D eigenvalue weighted by Gasteiger charge is 2.26. The van der Waals surface area contributed by atoms with Crippen LogP contribution in [-0.4, -0.2) is 42.4 Å². The zero-order valence-corrected chi connectivity index (χ0v) is 20.2. The summed E-state index contributed by atoms with van der Waals surface area (Å²) in [4.78, 5) is 17.9. The molecule has 0 saturated heterocycles. The highest BCUT2D eigenvalue weighted by atomic mass is 32.1. The summed E-state index contributed by atoms with van der Waals surface area (Å²) in [5.74, 6) is 0.679. The number of aryl methyl sites for hydroxylation is 1. The van der Waals surface area contributed by atoms with Gasteiger partial charge in [0.25, 0.3) is 5.91 Å². The molecular weight excluding hydrogens is 478 g/mol. The summed E-state index contributed by atoms with van der Waals surface area (Å²) in [6.07, 6.45) is 0. The normalized spacial score (nSPS) is 10.7. The zero-order valence-electron chi connectivity index (χ0n) is 18.5. The van der Waals surface area contributed by atoms with E-state index in [1.54, 1.807) is 19.1 Å². The van der Waals surface area contributed by atoms with E-state index >= 15 is 0 Å². The standard InChI is InChI=1S/C21H19N7O4S2/c1-8-27-28-21(33-8)26-19(29)17-15(23)14-13(10(7-22)18(24)25-20(14)34-17)9-5-11(30-2)16(32-4)12(6-9)31-3/h5-6H,23H2,1-4H3,(H2,24,25)(H,26,28,29). The predicted octanol–water partition coefficient (Wildman–Crippen LogP) is 3.44. The Morgan fingerprint density at radius 2 is 1.76 bits per heavy atom. The Hall–Kier alpha value is -4.15. The van der Waals surface area contributed by atoms with Crippen LogP contribution in [0.4, 0.5) is 16.6 Å². The highest BCUT2D eigenvalue weighted by molar-refractivity contribution is 7.21. The maximum absolute atomic E-state index is 13.0. The first-order valence-corrected chi connectivity index (χ1v) is 11.3. The molecule has 174 valence electrons. The number of nitrogens with two attached hydrogens (primary N) is 2. The van der Waals surface area contributed by atoms with Gasteiger partial charge >= 0.3 is 0 Å². The number of anilines is 3. The number of fused-ring (bicyclic) bond motifs is 1. The molecule has 34 heavy (non-hydrogen) atoms. The minimum absolute atomic E-state index is 0.00621. The van der Waals surface area contributed by atoms with Gasteiger partial charge in [0.1, 0.15) is 32.2 Å². The molecular formula is C21H19N7O4S2. The van der Waals surface area contributed by atoms with Crippen LogP contribution < -0.4 is 31.0 Å². The molecule has 3 heterocycles. The summed E-state index contributed by atoms with van der Waals surface area (Å²) in [6.45, 7) is 1.78. The maximum Gasteiger partial charge on any atom is 0.269 e. The average molecular weight is 498 g/mol. The van der Waals surface area contributed by atoms with E-state index in [2.05, 4.69) is 26.6 Å². The van der Waals surface area contributed by atoms with Gasteiger partial charge in [0.15, 0.2) is 11.5 Å². The fraction of sp³-hybridized carbons (Fsp3) is 0.190. The Labute approximate surface area is 201 Å². The molecule has 0 radical (unpaired) electrons. The van der Waals surface area contributed by atoms with Crippen molar-refractivity contribution in [3.05, 3.63) is 27.6 Å². The van der Waals surface area contributed by atoms with E-state index in [9.17, 15) is 10.1 Å². The molecule has 0 bridgehead atoms. The first-order chi connectivity index (χ1) is 16.3. The predicted molar refractivity (Wildman–Crippen MR) is 131 cm³/mol. The number of carbonyl (C=O) groups excluding carboxylic acids is 1. The van der Waals surface area contributed by atoms with Gasteiger partial charge in [-0.1, -0.05) is 11.3 Å². The third-order valence-electron chi connectivity index (χ3n) is 4.92. The Morgan fingerprint density at radius 1 is 1.09 bits per heavy atom. The summed E-state index contributed by atoms with van der Waals surface area (Å²) < 4.78 is 16.3. The second kappa shape index (κ2) is 9.00. The van der Waals surface area contributed by atoms with Crippen molar-refractivity contribution < 1.29 is 19.0 Å². The van der Waals surface area contributed by atoms with Gasteiger partial charge < -0.3 is 25.7 Å². The molecule has 3 aromatic heterocycles. The molecule has 0 saturated carbocycles. The van der Waals surface area contributed by atoms with Gasteiger partial charge in [0, 0.05) is 10.9 Å². The summed E-state index contributed by atoms with van der Waals surface area (Å²) in [7, 11) is 4.46. The number of hydrogen-bond acceptors (Lipinski definition) is 12. The van der Waals surface area contributed by atoms with Crippen LogP contribution in [0.2, 0.25) is 0 Å². The number of nitrogens with zero attached hydrogens (tertiary/aromatic N) is 4. The number of nitrogen functional groups attached to an aromatic ring is 2. The van der Waals surface area contributed by atoms with Crippen LogP contribution in [0.1, 0.15) is 20.2 Å². The molecule has 13 heteroatoms. The quantitative estimate of drug-likeness (QED) is 0.358. The lowest BCUT2D eigenvalue weighted by molar-refractivity contribution is 0.103. The number of thiophene rings is 1. The largest absolute Gasteiger partial charge is 0.493 e. The average Bonchev–Trinajstić information content (AvgIpc) is 3.38. The van der Waals surface area contributed by atoms with Crippen LogP contribution in [0, 0.1) is 18.3 Å². The number of carbonyl (C=O) groups is 1. The zero-order chi connectivity index (χ0) is 24.6. The number of hydrogen-bond donors (Lipinski definition) is 3. The monoisotopic (exact) mass is 497 g/mol. The molecule has 0 fully saturated rings. The first-order valence-electron chi connectivity index (χ1n) is 9.66. The van der Waals surface area contributed by atoms with Crippen molar-refractivity contribution >= 4 is 55.4 Å². The minimum Gasteiger partial charge on any atom is -0.493 e. The van der Waals surface area contributed by atoms with Gasteiger partial charge in [-0.05, 0) is 24.6 Å². The summed E-state index contributed by atoms with van der Waals surface area (Å²) >= 11 is 2.29. The second-order valence-electron chi connectivity index (χ2n) is 6.88. The molecule has 0 atom stereocenters. The number of nitrogens with one attached hydrogen (secondary N) is 1. The van der Waals surface area contributed by atoms with Gasteiger partial charge in [-0.15, -0.1) is 21.5 Å². The highest BCUT2D eigenvalue weighted by Crippen LogP contribution is 2.47. The number of rotatable bonds is 6. The van der Waals surface area contributed by atoms with Gasteiger partial charge in [-0.2, -0.15) is 5.26 Å². The molecule has 5 N–H and O–H groups in total. The summed E-state index contributed by atoms with van der Waals surface area (Å²) in [5, 5.41) is 21.8. The molecule has 1 aromatic carbocycles. The minimum atomic E-state index is -0.468. The maximum atomic E-state index is 13.0. The molecule has 11 nitrogen and oxygen atoms in total. The molecule has 0 unspecified atom stereocenters. The van der Waals surface area contributed by atoms with Gasteiger partial charge in [-0.25, -0.2) is 4.98 Å². The van der Waals surface area contributed by atoms with E-state index in [4.69, 9.17) is 25.7 Å². The molecule has 4 aromatic rings. The van der Waals surface area contributed by atoms with Gasteiger partial charge in [0.2, 0.25) is 10.9 Å². The van der Waals surface area contributed by atoms with Gasteiger partial charge in [0.05, 0.1) is 27.0 Å². The van der Waals surface area contributed by atoms with Crippen molar-refractivity contribution in [3.63, 3.8) is 0 Å². The molecule has 0 spiro atoms. The Kier molecular flexibility index (Phi) is 6.10. The Bertz CT molecular complexity index is 1450. The lowest BCUT2D eigenvalue weighted by atomic mass is 9.96. The molecule has 0 aliphatic rings. The van der Waals surface area contributed by atoms with E-state index in [1.165, 1.54) is 32.7 Å². The van der Waals surface area contributed by atoms with Crippen LogP contribution >= 0.6 is 22.7 Å². The van der Waals surface area contributed by atoms with Crippen molar-refractivity contribution in [1.82, 2.24) is 15.2 Å². The van der Waals surface area contributed by atoms with Crippen LogP contribution in [0.5, 0.6) is 17.2 Å². The number of pyridine rings is 1. The lowest BCUT2D eigenvalue weighted by Gasteiger charge is -2.16. The first kappa shape index (κ1) is 23.0. The van der Waals surface area contributed by atoms with Crippen molar-refractivity contribution in [3.8, 4) is 34.4 Å². The Balaban J connectivity index is 1.97. The molecule has 0 aliphatic carbocycles. The van der Waals surface area contributed by atoms with Crippen molar-refractivity contribution in [2.75, 3.05) is 38.1 Å². The number of methoxy groups -OCH3 is 3. The van der Waals surface area contributed by atoms with E-state index < -0.39 is 5.91 Å². The fourth-order valence-electron chi connectivity index (χ4n) is 3.47. The fourth-order valence-corrected chi connectivity index (χ4v) is 5.06. The third-order valence-corrected chi connectivity index (χ3v) is 6.77. The number of ether oxygens (including phenoxy) is 3. The molecule has 4 rings (SSSR count). The van der Waals surface area contributed by atoms with Crippen LogP contribution in [-0.2, 0) is 0 Å². The second-order valence-corrected chi connectivity index (χ2v) is 9.06. The number of amides is 1. The van der Waals surface area contributed by atoms with E-state index in [1.807, 2.05) is 0 Å². The molecule has 0 aliphatic heterocycles. The van der Waals surface area contributed by atoms with Crippen molar-refractivity contribution in [2.45, 2.75) is 6.92 Å². The van der Waals surface area contributed by atoms with E-state index in [0.29, 0.717) is 48.7 Å². The lowest BCUT2D eigenvalue weighted by Crippen LogP contribution is -2.11. The Morgan fingerprint density at radius 3 is 2.29 bits per heavy atom. The van der Waals surface area contributed by atoms with Gasteiger partial charge in [-0.3, -0.25) is 10.1 Å². The SMILES string of the molecule is COc1cc(-c2c(C#N)c(N)nc3sc(C(=O)Nc4nnc(C)s4)c(N)c23)cc(OC)c1OC. The summed E-state index contributed by atoms with van der Waals surface area (Å²) in [5.41, 5.74) is 13.8. The number of aromatic nitrogens is 3. The third kappa shape index (κ3) is 3.78. The smallest absolute Gasteiger partial charge is 0.269 e. The van der Waals surface area contributed by atoms with Crippen LogP contribution in [0.25, 0.3) is 21.3 Å². The van der Waals surface area contributed by atoms with Crippen LogP contribution in [0.15, 0.2) is 12.1 Å². The van der Waals surface area contributed by atoms with Crippen molar-refractivity contribution in [1.29, 1.82) is 5.26 Å². The summed E-state index contributed by atoms with van der Waals surface area (Å²) in [6, 6.07) is 5.45.